The number of primary amides is 1. The molecule has 1 atom stereocenters. The Kier molecular flexibility index (Phi) is 3.92. The van der Waals surface area contributed by atoms with E-state index in [0.717, 1.165) is 5.56 Å². The van der Waals surface area contributed by atoms with E-state index in [1.807, 2.05) is 31.2 Å². The summed E-state index contributed by atoms with van der Waals surface area (Å²) in [5, 5.41) is 3.70. The Morgan fingerprint density at radius 3 is 2.57 bits per heavy atom. The van der Waals surface area contributed by atoms with Gasteiger partial charge in [0.1, 0.15) is 0 Å². The number of carbonyl (C=O) groups excluding carboxylic acids is 1. The molecule has 3 N–H and O–H groups in total. The van der Waals surface area contributed by atoms with Gasteiger partial charge in [0.2, 0.25) is 5.91 Å². The third-order valence-corrected chi connectivity index (χ3v) is 2.20. The SMILES string of the molecule is CC(NCC(N)=O)c1ccc(Cl)cc1. The number of amides is 1. The number of rotatable bonds is 4. The van der Waals surface area contributed by atoms with Crippen LogP contribution in [0.15, 0.2) is 24.3 Å². The Labute approximate surface area is 88.2 Å². The fraction of sp³-hybridized carbons (Fsp3) is 0.300. The molecule has 1 amide bonds. The van der Waals surface area contributed by atoms with E-state index in [1.165, 1.54) is 0 Å². The molecule has 0 heterocycles. The van der Waals surface area contributed by atoms with Gasteiger partial charge >= 0.3 is 0 Å². The lowest BCUT2D eigenvalue weighted by Gasteiger charge is -2.12. The van der Waals surface area contributed by atoms with Gasteiger partial charge in [0, 0.05) is 11.1 Å². The molecule has 0 aromatic heterocycles. The monoisotopic (exact) mass is 212 g/mol. The van der Waals surface area contributed by atoms with Crippen LogP contribution in [0.3, 0.4) is 0 Å². The van der Waals surface area contributed by atoms with Crippen LogP contribution in [0, 0.1) is 0 Å². The normalized spacial score (nSPS) is 12.4. The van der Waals surface area contributed by atoms with Gasteiger partial charge in [0.15, 0.2) is 0 Å². The van der Waals surface area contributed by atoms with Crippen molar-refractivity contribution in [3.63, 3.8) is 0 Å². The summed E-state index contributed by atoms with van der Waals surface area (Å²) in [4.78, 5) is 10.5. The van der Waals surface area contributed by atoms with Crippen molar-refractivity contribution >= 4 is 17.5 Å². The van der Waals surface area contributed by atoms with Gasteiger partial charge in [-0.2, -0.15) is 0 Å². The molecule has 1 aromatic rings. The number of carbonyl (C=O) groups is 1. The average Bonchev–Trinajstić information content (AvgIpc) is 2.15. The minimum absolute atomic E-state index is 0.0970. The Morgan fingerprint density at radius 2 is 2.07 bits per heavy atom. The van der Waals surface area contributed by atoms with Gasteiger partial charge in [0.05, 0.1) is 6.54 Å². The molecule has 1 aromatic carbocycles. The van der Waals surface area contributed by atoms with Crippen molar-refractivity contribution in [2.75, 3.05) is 6.54 Å². The number of halogens is 1. The Balaban J connectivity index is 2.56. The molecule has 0 aliphatic rings. The summed E-state index contributed by atoms with van der Waals surface area (Å²) >= 11 is 5.75. The molecule has 0 saturated carbocycles. The maximum absolute atomic E-state index is 10.5. The van der Waals surface area contributed by atoms with Crippen molar-refractivity contribution in [1.82, 2.24) is 5.32 Å². The van der Waals surface area contributed by atoms with E-state index in [0.29, 0.717) is 5.02 Å². The molecule has 0 aliphatic heterocycles. The topological polar surface area (TPSA) is 55.1 Å². The second-order valence-corrected chi connectivity index (χ2v) is 3.56. The van der Waals surface area contributed by atoms with Crippen molar-refractivity contribution < 1.29 is 4.79 Å². The van der Waals surface area contributed by atoms with Crippen LogP contribution in [-0.4, -0.2) is 12.5 Å². The molecule has 0 spiro atoms. The fourth-order valence-electron chi connectivity index (χ4n) is 1.12. The Bertz CT molecular complexity index is 310. The Morgan fingerprint density at radius 1 is 1.50 bits per heavy atom. The first-order valence-electron chi connectivity index (χ1n) is 4.36. The highest BCUT2D eigenvalue weighted by molar-refractivity contribution is 6.30. The van der Waals surface area contributed by atoms with Crippen LogP contribution in [0.5, 0.6) is 0 Å². The minimum Gasteiger partial charge on any atom is -0.369 e. The molecule has 4 heteroatoms. The van der Waals surface area contributed by atoms with E-state index < -0.39 is 0 Å². The van der Waals surface area contributed by atoms with Crippen LogP contribution in [0.4, 0.5) is 0 Å². The summed E-state index contributed by atoms with van der Waals surface area (Å²) in [7, 11) is 0. The molecule has 1 rings (SSSR count). The zero-order chi connectivity index (χ0) is 10.6. The van der Waals surface area contributed by atoms with E-state index in [9.17, 15) is 4.79 Å². The van der Waals surface area contributed by atoms with E-state index in [1.54, 1.807) is 0 Å². The molecule has 0 radical (unpaired) electrons. The number of benzene rings is 1. The summed E-state index contributed by atoms with van der Waals surface area (Å²) in [5.74, 6) is -0.356. The van der Waals surface area contributed by atoms with Crippen molar-refractivity contribution in [3.05, 3.63) is 34.9 Å². The van der Waals surface area contributed by atoms with Crippen molar-refractivity contribution in [2.24, 2.45) is 5.73 Å². The lowest BCUT2D eigenvalue weighted by atomic mass is 10.1. The highest BCUT2D eigenvalue weighted by atomic mass is 35.5. The predicted molar refractivity (Wildman–Crippen MR) is 57.1 cm³/mol. The first kappa shape index (κ1) is 11.0. The van der Waals surface area contributed by atoms with Crippen molar-refractivity contribution in [3.8, 4) is 0 Å². The van der Waals surface area contributed by atoms with Crippen LogP contribution >= 0.6 is 11.6 Å². The molecular formula is C10H13ClN2O. The lowest BCUT2D eigenvalue weighted by molar-refractivity contribution is -0.117. The molecule has 0 saturated heterocycles. The highest BCUT2D eigenvalue weighted by Gasteiger charge is 2.04. The molecule has 3 nitrogen and oxygen atoms in total. The molecule has 0 fully saturated rings. The number of hydrogen-bond acceptors (Lipinski definition) is 2. The van der Waals surface area contributed by atoms with E-state index in [-0.39, 0.29) is 18.5 Å². The van der Waals surface area contributed by atoms with Gasteiger partial charge in [-0.05, 0) is 24.6 Å². The second-order valence-electron chi connectivity index (χ2n) is 3.12. The molecule has 1 unspecified atom stereocenters. The molecule has 0 bridgehead atoms. The van der Waals surface area contributed by atoms with Gasteiger partial charge in [-0.25, -0.2) is 0 Å². The molecule has 14 heavy (non-hydrogen) atoms. The van der Waals surface area contributed by atoms with Gasteiger partial charge < -0.3 is 11.1 Å². The van der Waals surface area contributed by atoms with Crippen molar-refractivity contribution in [2.45, 2.75) is 13.0 Å². The van der Waals surface area contributed by atoms with E-state index in [4.69, 9.17) is 17.3 Å². The third-order valence-electron chi connectivity index (χ3n) is 1.95. The number of hydrogen-bond donors (Lipinski definition) is 2. The maximum Gasteiger partial charge on any atom is 0.231 e. The van der Waals surface area contributed by atoms with Crippen LogP contribution in [0.25, 0.3) is 0 Å². The number of nitrogens with one attached hydrogen (secondary N) is 1. The highest BCUT2D eigenvalue weighted by Crippen LogP contribution is 2.15. The van der Waals surface area contributed by atoms with Crippen LogP contribution in [0.1, 0.15) is 18.5 Å². The summed E-state index contributed by atoms with van der Waals surface area (Å²) in [5.41, 5.74) is 6.10. The predicted octanol–water partition coefficient (Wildman–Crippen LogP) is 1.48. The summed E-state index contributed by atoms with van der Waals surface area (Å²) in [6.07, 6.45) is 0. The summed E-state index contributed by atoms with van der Waals surface area (Å²) in [6.45, 7) is 2.15. The first-order chi connectivity index (χ1) is 6.59. The van der Waals surface area contributed by atoms with Gasteiger partial charge in [0.25, 0.3) is 0 Å². The van der Waals surface area contributed by atoms with Crippen molar-refractivity contribution in [1.29, 1.82) is 0 Å². The standard InChI is InChI=1S/C10H13ClN2O/c1-7(13-6-10(12)14)8-2-4-9(11)5-3-8/h2-5,7,13H,6H2,1H3,(H2,12,14). The number of nitrogens with two attached hydrogens (primary N) is 1. The van der Waals surface area contributed by atoms with Crippen LogP contribution in [0.2, 0.25) is 5.02 Å². The molecule has 76 valence electrons. The fourth-order valence-corrected chi connectivity index (χ4v) is 1.25. The van der Waals surface area contributed by atoms with Crippen LogP contribution < -0.4 is 11.1 Å². The molecular weight excluding hydrogens is 200 g/mol. The second kappa shape index (κ2) is 4.98. The van der Waals surface area contributed by atoms with E-state index >= 15 is 0 Å². The Hall–Kier alpha value is -1.06. The van der Waals surface area contributed by atoms with E-state index in [2.05, 4.69) is 5.32 Å². The smallest absolute Gasteiger partial charge is 0.231 e. The zero-order valence-electron chi connectivity index (χ0n) is 7.96. The zero-order valence-corrected chi connectivity index (χ0v) is 8.71. The van der Waals surface area contributed by atoms with Gasteiger partial charge in [-0.15, -0.1) is 0 Å². The van der Waals surface area contributed by atoms with Gasteiger partial charge in [-0.3, -0.25) is 4.79 Å². The average molecular weight is 213 g/mol. The summed E-state index contributed by atoms with van der Waals surface area (Å²) < 4.78 is 0. The lowest BCUT2D eigenvalue weighted by Crippen LogP contribution is -2.30. The largest absolute Gasteiger partial charge is 0.369 e. The quantitative estimate of drug-likeness (QED) is 0.795. The van der Waals surface area contributed by atoms with Gasteiger partial charge in [-0.1, -0.05) is 23.7 Å². The van der Waals surface area contributed by atoms with Crippen LogP contribution in [-0.2, 0) is 4.79 Å². The third kappa shape index (κ3) is 3.36. The maximum atomic E-state index is 10.5. The first-order valence-corrected chi connectivity index (χ1v) is 4.74. The summed E-state index contributed by atoms with van der Waals surface area (Å²) in [6, 6.07) is 7.57. The molecule has 0 aliphatic carbocycles. The minimum atomic E-state index is -0.356.